The van der Waals surface area contributed by atoms with E-state index in [1.54, 1.807) is 6.07 Å². The Balaban J connectivity index is 2.75. The second-order valence-corrected chi connectivity index (χ2v) is 6.19. The molecule has 0 aromatic heterocycles. The Hall–Kier alpha value is -2.55. The Morgan fingerprint density at radius 3 is 2.46 bits per heavy atom. The van der Waals surface area contributed by atoms with Crippen molar-refractivity contribution >= 4 is 5.70 Å². The number of nitrogens with two attached hydrogens (primary N) is 1. The van der Waals surface area contributed by atoms with E-state index in [9.17, 15) is 4.39 Å². The van der Waals surface area contributed by atoms with Crippen LogP contribution in [0.15, 0.2) is 49.3 Å². The zero-order chi connectivity index (χ0) is 17.9. The zero-order valence-corrected chi connectivity index (χ0v) is 14.7. The van der Waals surface area contributed by atoms with E-state index in [1.807, 2.05) is 19.9 Å². The van der Waals surface area contributed by atoms with Gasteiger partial charge in [-0.3, -0.25) is 0 Å². The molecule has 126 valence electrons. The van der Waals surface area contributed by atoms with E-state index in [1.165, 1.54) is 11.6 Å². The van der Waals surface area contributed by atoms with E-state index in [2.05, 4.69) is 37.5 Å². The molecule has 0 aliphatic heterocycles. The average molecular weight is 324 g/mol. The van der Waals surface area contributed by atoms with Gasteiger partial charge < -0.3 is 11.1 Å². The number of benzene rings is 2. The van der Waals surface area contributed by atoms with Crippen molar-refractivity contribution in [2.75, 3.05) is 0 Å². The second kappa shape index (κ2) is 7.35. The van der Waals surface area contributed by atoms with Gasteiger partial charge in [0, 0.05) is 11.3 Å². The monoisotopic (exact) mass is 324 g/mol. The molecule has 0 atom stereocenters. The minimum absolute atomic E-state index is 0.235. The van der Waals surface area contributed by atoms with Crippen LogP contribution in [-0.4, -0.2) is 0 Å². The third kappa shape index (κ3) is 3.85. The van der Waals surface area contributed by atoms with Gasteiger partial charge in [-0.15, -0.1) is 0 Å². The van der Waals surface area contributed by atoms with Gasteiger partial charge >= 0.3 is 0 Å². The molecule has 0 unspecified atom stereocenters. The lowest BCUT2D eigenvalue weighted by atomic mass is 9.87. The maximum Gasteiger partial charge on any atom is 0.124 e. The number of hydrogen-bond donors (Lipinski definition) is 2. The summed E-state index contributed by atoms with van der Waals surface area (Å²) in [4.78, 5) is 0. The molecule has 0 radical (unpaired) electrons. The van der Waals surface area contributed by atoms with Crippen LogP contribution >= 0.6 is 0 Å². The highest BCUT2D eigenvalue weighted by molar-refractivity contribution is 5.84. The van der Waals surface area contributed by atoms with Crippen LogP contribution in [-0.2, 0) is 6.42 Å². The van der Waals surface area contributed by atoms with Gasteiger partial charge in [0.1, 0.15) is 5.82 Å². The van der Waals surface area contributed by atoms with Gasteiger partial charge in [-0.1, -0.05) is 44.7 Å². The molecule has 2 nitrogen and oxygen atoms in total. The smallest absolute Gasteiger partial charge is 0.124 e. The Bertz CT molecular complexity index is 770. The number of hydrogen-bond acceptors (Lipinski definition) is 2. The van der Waals surface area contributed by atoms with Crippen molar-refractivity contribution in [3.63, 3.8) is 0 Å². The molecule has 0 saturated carbocycles. The normalized spacial score (nSPS) is 10.5. The summed E-state index contributed by atoms with van der Waals surface area (Å²) < 4.78 is 14.0. The van der Waals surface area contributed by atoms with Gasteiger partial charge in [0.2, 0.25) is 0 Å². The van der Waals surface area contributed by atoms with Crippen LogP contribution in [0.1, 0.15) is 35.6 Å². The summed E-state index contributed by atoms with van der Waals surface area (Å²) in [5, 5.41) is 3.00. The molecule has 2 rings (SSSR count). The first-order valence-electron chi connectivity index (χ1n) is 8.14. The predicted octanol–water partition coefficient (Wildman–Crippen LogP) is 5.05. The zero-order valence-electron chi connectivity index (χ0n) is 14.7. The summed E-state index contributed by atoms with van der Waals surface area (Å²) in [5.41, 5.74) is 12.3. The van der Waals surface area contributed by atoms with E-state index in [0.717, 1.165) is 40.7 Å². The van der Waals surface area contributed by atoms with Gasteiger partial charge in [-0.05, 0) is 60.2 Å². The van der Waals surface area contributed by atoms with Crippen molar-refractivity contribution in [2.45, 2.75) is 33.6 Å². The molecule has 2 aromatic carbocycles. The summed E-state index contributed by atoms with van der Waals surface area (Å²) in [7, 11) is 0. The third-order valence-corrected chi connectivity index (χ3v) is 3.96. The SMILES string of the molecule is C=C(N)NC(=C)c1c(C)ccc(CCC)c1-c1cc(C)cc(F)c1. The Labute approximate surface area is 143 Å². The van der Waals surface area contributed by atoms with Crippen molar-refractivity contribution in [3.05, 3.63) is 77.4 Å². The minimum Gasteiger partial charge on any atom is -0.386 e. The molecule has 0 bridgehead atoms. The molecule has 0 amide bonds. The fourth-order valence-electron chi connectivity index (χ4n) is 3.08. The molecule has 0 heterocycles. The first kappa shape index (κ1) is 17.8. The lowest BCUT2D eigenvalue weighted by molar-refractivity contribution is 0.627. The Morgan fingerprint density at radius 2 is 1.88 bits per heavy atom. The molecular weight excluding hydrogens is 299 g/mol. The topological polar surface area (TPSA) is 38.0 Å². The molecule has 0 aliphatic rings. The molecule has 24 heavy (non-hydrogen) atoms. The molecule has 0 fully saturated rings. The fourth-order valence-corrected chi connectivity index (χ4v) is 3.08. The van der Waals surface area contributed by atoms with Crippen molar-refractivity contribution in [2.24, 2.45) is 5.73 Å². The van der Waals surface area contributed by atoms with E-state index < -0.39 is 0 Å². The second-order valence-electron chi connectivity index (χ2n) is 6.19. The molecule has 3 N–H and O–H groups in total. The highest BCUT2D eigenvalue weighted by atomic mass is 19.1. The van der Waals surface area contributed by atoms with Crippen LogP contribution in [0.2, 0.25) is 0 Å². The van der Waals surface area contributed by atoms with Gasteiger partial charge in [0.25, 0.3) is 0 Å². The van der Waals surface area contributed by atoms with E-state index in [4.69, 9.17) is 5.73 Å². The van der Waals surface area contributed by atoms with Crippen molar-refractivity contribution in [1.82, 2.24) is 5.32 Å². The molecule has 3 heteroatoms. The molecule has 0 saturated heterocycles. The van der Waals surface area contributed by atoms with E-state index in [0.29, 0.717) is 11.5 Å². The summed E-state index contributed by atoms with van der Waals surface area (Å²) in [6.07, 6.45) is 1.92. The summed E-state index contributed by atoms with van der Waals surface area (Å²) in [6.45, 7) is 13.9. The van der Waals surface area contributed by atoms with Crippen molar-refractivity contribution in [3.8, 4) is 11.1 Å². The van der Waals surface area contributed by atoms with Gasteiger partial charge in [0.05, 0.1) is 5.82 Å². The van der Waals surface area contributed by atoms with E-state index in [-0.39, 0.29) is 5.82 Å². The van der Waals surface area contributed by atoms with Crippen LogP contribution in [0, 0.1) is 19.7 Å². The van der Waals surface area contributed by atoms with Crippen LogP contribution in [0.3, 0.4) is 0 Å². The highest BCUT2D eigenvalue weighted by Gasteiger charge is 2.16. The summed E-state index contributed by atoms with van der Waals surface area (Å²) in [5.74, 6) is 0.100. The molecule has 0 spiro atoms. The first-order valence-corrected chi connectivity index (χ1v) is 8.14. The first-order chi connectivity index (χ1) is 11.3. The largest absolute Gasteiger partial charge is 0.386 e. The highest BCUT2D eigenvalue weighted by Crippen LogP contribution is 2.35. The standard InChI is InChI=1S/C21H25FN2/c1-6-7-17-9-8-14(3)20(15(4)24-16(5)23)21(17)18-10-13(2)11-19(22)12-18/h8-12,24H,4-7,23H2,1-3H3. The van der Waals surface area contributed by atoms with Crippen molar-refractivity contribution < 1.29 is 4.39 Å². The van der Waals surface area contributed by atoms with Gasteiger partial charge in [0.15, 0.2) is 0 Å². The maximum atomic E-state index is 14.0. The number of aryl methyl sites for hydroxylation is 3. The fraction of sp³-hybridized carbons (Fsp3) is 0.238. The average Bonchev–Trinajstić information content (AvgIpc) is 2.47. The van der Waals surface area contributed by atoms with Crippen LogP contribution in [0.25, 0.3) is 16.8 Å². The van der Waals surface area contributed by atoms with Crippen LogP contribution in [0.5, 0.6) is 0 Å². The molecule has 0 aliphatic carbocycles. The van der Waals surface area contributed by atoms with E-state index >= 15 is 0 Å². The summed E-state index contributed by atoms with van der Waals surface area (Å²) >= 11 is 0. The van der Waals surface area contributed by atoms with Gasteiger partial charge in [-0.2, -0.15) is 0 Å². The molecule has 2 aromatic rings. The minimum atomic E-state index is -0.235. The number of nitrogens with one attached hydrogen (secondary N) is 1. The quantitative estimate of drug-likeness (QED) is 0.780. The van der Waals surface area contributed by atoms with Crippen LogP contribution < -0.4 is 11.1 Å². The van der Waals surface area contributed by atoms with Gasteiger partial charge in [-0.25, -0.2) is 4.39 Å². The predicted molar refractivity (Wildman–Crippen MR) is 101 cm³/mol. The Morgan fingerprint density at radius 1 is 1.17 bits per heavy atom. The van der Waals surface area contributed by atoms with Crippen molar-refractivity contribution in [1.29, 1.82) is 0 Å². The number of rotatable bonds is 6. The third-order valence-electron chi connectivity index (χ3n) is 3.96. The lowest BCUT2D eigenvalue weighted by Crippen LogP contribution is -2.18. The number of halogens is 1. The lowest BCUT2D eigenvalue weighted by Gasteiger charge is -2.20. The maximum absolute atomic E-state index is 14.0. The van der Waals surface area contributed by atoms with Crippen LogP contribution in [0.4, 0.5) is 4.39 Å². The Kier molecular flexibility index (Phi) is 5.45. The molecular formula is C21H25FN2. The summed E-state index contributed by atoms with van der Waals surface area (Å²) in [6, 6.07) is 9.30.